The number of benzene rings is 2. The number of nitrogens with zero attached hydrogens (tertiary/aromatic N) is 3. The Kier molecular flexibility index (Phi) is 5.07. The zero-order valence-corrected chi connectivity index (χ0v) is 15.7. The first-order chi connectivity index (χ1) is 14.1. The van der Waals surface area contributed by atoms with Crippen molar-refractivity contribution in [3.05, 3.63) is 71.8 Å². The Morgan fingerprint density at radius 1 is 1.21 bits per heavy atom. The Hall–Kier alpha value is -3.94. The summed E-state index contributed by atoms with van der Waals surface area (Å²) in [5.41, 5.74) is 1.72. The van der Waals surface area contributed by atoms with Gasteiger partial charge in [-0.1, -0.05) is 48.5 Å². The number of amides is 2. The number of ether oxygens (including phenoxy) is 1. The highest BCUT2D eigenvalue weighted by molar-refractivity contribution is 6.01. The number of rotatable bonds is 5. The third-order valence-electron chi connectivity index (χ3n) is 4.53. The van der Waals surface area contributed by atoms with E-state index in [4.69, 9.17) is 4.74 Å². The number of para-hydroxylation sites is 1. The van der Waals surface area contributed by atoms with Gasteiger partial charge in [0.05, 0.1) is 19.6 Å². The summed E-state index contributed by atoms with van der Waals surface area (Å²) in [6.45, 7) is 0. The van der Waals surface area contributed by atoms with Gasteiger partial charge in [0.1, 0.15) is 5.75 Å². The topological polar surface area (TPSA) is 98.1 Å². The summed E-state index contributed by atoms with van der Waals surface area (Å²) in [5.74, 6) is 0.562. The van der Waals surface area contributed by atoms with Crippen LogP contribution in [0.1, 0.15) is 23.6 Å². The molecule has 29 heavy (non-hydrogen) atoms. The van der Waals surface area contributed by atoms with Gasteiger partial charge in [-0.25, -0.2) is 4.68 Å². The van der Waals surface area contributed by atoms with E-state index in [2.05, 4.69) is 20.7 Å². The average molecular weight is 389 g/mol. The maximum atomic E-state index is 12.3. The van der Waals surface area contributed by atoms with Gasteiger partial charge in [0.2, 0.25) is 11.9 Å². The molecule has 2 aromatic carbocycles. The normalized spacial score (nSPS) is 15.6. The summed E-state index contributed by atoms with van der Waals surface area (Å²) >= 11 is 0. The van der Waals surface area contributed by atoms with Crippen LogP contribution in [0.4, 0.5) is 11.9 Å². The van der Waals surface area contributed by atoms with E-state index < -0.39 is 0 Å². The number of carbonyl (C=O) groups excluding carboxylic acids is 2. The van der Waals surface area contributed by atoms with Crippen molar-refractivity contribution in [2.45, 2.75) is 12.5 Å². The SMILES string of the molecule is COc1ccccc1/C=C/C(=O)Nc1nc2n(n1)C(c1ccccc1)CC(=O)N2. The molecule has 0 radical (unpaired) electrons. The van der Waals surface area contributed by atoms with Crippen LogP contribution < -0.4 is 15.4 Å². The van der Waals surface area contributed by atoms with Gasteiger partial charge in [-0.2, -0.15) is 4.98 Å². The van der Waals surface area contributed by atoms with Crippen molar-refractivity contribution in [3.8, 4) is 5.75 Å². The van der Waals surface area contributed by atoms with E-state index in [1.165, 1.54) is 6.08 Å². The minimum Gasteiger partial charge on any atom is -0.496 e. The van der Waals surface area contributed by atoms with Crippen molar-refractivity contribution >= 4 is 29.8 Å². The standard InChI is InChI=1S/C21H19N5O3/c1-29-17-10-6-5-9-15(17)11-12-18(27)22-20-24-21-23-19(28)13-16(26(21)25-20)14-7-3-2-4-8-14/h2-12,16H,13H2,1H3,(H2,22,23,24,25,27,28)/b12-11+. The number of nitrogens with one attached hydrogen (secondary N) is 2. The highest BCUT2D eigenvalue weighted by Crippen LogP contribution is 2.29. The van der Waals surface area contributed by atoms with Gasteiger partial charge in [0.15, 0.2) is 0 Å². The molecule has 1 aromatic heterocycles. The number of hydrogen-bond donors (Lipinski definition) is 2. The molecule has 0 fully saturated rings. The first-order valence-electron chi connectivity index (χ1n) is 9.07. The van der Waals surface area contributed by atoms with Crippen LogP contribution in [0.15, 0.2) is 60.7 Å². The van der Waals surface area contributed by atoms with Crippen molar-refractivity contribution < 1.29 is 14.3 Å². The number of aromatic nitrogens is 3. The van der Waals surface area contributed by atoms with Crippen LogP contribution >= 0.6 is 0 Å². The molecule has 4 rings (SSSR count). The summed E-state index contributed by atoms with van der Waals surface area (Å²) < 4.78 is 6.89. The predicted octanol–water partition coefficient (Wildman–Crippen LogP) is 2.87. The third kappa shape index (κ3) is 4.01. The van der Waals surface area contributed by atoms with E-state index in [9.17, 15) is 9.59 Å². The molecule has 2 amide bonds. The minimum atomic E-state index is -0.388. The van der Waals surface area contributed by atoms with Gasteiger partial charge in [-0.05, 0) is 17.7 Å². The van der Waals surface area contributed by atoms with E-state index in [-0.39, 0.29) is 30.2 Å². The summed E-state index contributed by atoms with van der Waals surface area (Å²) in [4.78, 5) is 28.6. The van der Waals surface area contributed by atoms with Gasteiger partial charge in [-0.3, -0.25) is 20.2 Å². The lowest BCUT2D eigenvalue weighted by atomic mass is 10.0. The zero-order valence-electron chi connectivity index (χ0n) is 15.7. The van der Waals surface area contributed by atoms with Gasteiger partial charge < -0.3 is 4.74 Å². The van der Waals surface area contributed by atoms with E-state index in [1.54, 1.807) is 17.9 Å². The van der Waals surface area contributed by atoms with Crippen LogP contribution in [0.25, 0.3) is 6.08 Å². The Balaban J connectivity index is 1.53. The highest BCUT2D eigenvalue weighted by atomic mass is 16.5. The second-order valence-electron chi connectivity index (χ2n) is 6.45. The first kappa shape index (κ1) is 18.4. The maximum absolute atomic E-state index is 12.3. The first-order valence-corrected chi connectivity index (χ1v) is 9.07. The molecule has 1 atom stereocenters. The van der Waals surface area contributed by atoms with E-state index >= 15 is 0 Å². The molecular weight excluding hydrogens is 370 g/mol. The number of hydrogen-bond acceptors (Lipinski definition) is 5. The molecule has 2 N–H and O–H groups in total. The summed E-state index contributed by atoms with van der Waals surface area (Å²) in [6.07, 6.45) is 3.28. The Bertz CT molecular complexity index is 1070. The van der Waals surface area contributed by atoms with E-state index in [0.29, 0.717) is 11.7 Å². The van der Waals surface area contributed by atoms with Crippen molar-refractivity contribution in [2.24, 2.45) is 0 Å². The maximum Gasteiger partial charge on any atom is 0.250 e. The van der Waals surface area contributed by atoms with Gasteiger partial charge in [0.25, 0.3) is 11.9 Å². The minimum absolute atomic E-state index is 0.123. The van der Waals surface area contributed by atoms with E-state index in [0.717, 1.165) is 11.1 Å². The lowest BCUT2D eigenvalue weighted by molar-refractivity contribution is -0.117. The van der Waals surface area contributed by atoms with Crippen LogP contribution in [-0.4, -0.2) is 33.7 Å². The smallest absolute Gasteiger partial charge is 0.250 e. The van der Waals surface area contributed by atoms with Crippen molar-refractivity contribution in [2.75, 3.05) is 17.7 Å². The molecule has 2 heterocycles. The van der Waals surface area contributed by atoms with Gasteiger partial charge in [0, 0.05) is 11.6 Å². The zero-order chi connectivity index (χ0) is 20.2. The third-order valence-corrected chi connectivity index (χ3v) is 4.53. The molecule has 0 saturated heterocycles. The molecule has 1 aliphatic rings. The molecule has 0 spiro atoms. The fourth-order valence-electron chi connectivity index (χ4n) is 3.17. The molecule has 0 saturated carbocycles. The molecule has 146 valence electrons. The number of carbonyl (C=O) groups is 2. The summed E-state index contributed by atoms with van der Waals surface area (Å²) in [5, 5.41) is 9.70. The van der Waals surface area contributed by atoms with Crippen molar-refractivity contribution in [3.63, 3.8) is 0 Å². The van der Waals surface area contributed by atoms with E-state index in [1.807, 2.05) is 54.6 Å². The van der Waals surface area contributed by atoms with Crippen LogP contribution in [0.3, 0.4) is 0 Å². The molecule has 3 aromatic rings. The molecule has 0 aliphatic carbocycles. The van der Waals surface area contributed by atoms with Crippen LogP contribution in [0, 0.1) is 0 Å². The number of anilines is 2. The molecule has 1 unspecified atom stereocenters. The van der Waals surface area contributed by atoms with Crippen LogP contribution in [0.2, 0.25) is 0 Å². The quantitative estimate of drug-likeness (QED) is 0.654. The lowest BCUT2D eigenvalue weighted by Gasteiger charge is -2.23. The molecular formula is C21H19N5O3. The fourth-order valence-corrected chi connectivity index (χ4v) is 3.17. The summed E-state index contributed by atoms with van der Waals surface area (Å²) in [6, 6.07) is 16.7. The lowest BCUT2D eigenvalue weighted by Crippen LogP contribution is -2.29. The second-order valence-corrected chi connectivity index (χ2v) is 6.45. The monoisotopic (exact) mass is 389 g/mol. The highest BCUT2D eigenvalue weighted by Gasteiger charge is 2.29. The van der Waals surface area contributed by atoms with Gasteiger partial charge in [-0.15, -0.1) is 5.10 Å². The van der Waals surface area contributed by atoms with Crippen molar-refractivity contribution in [1.82, 2.24) is 14.8 Å². The number of fused-ring (bicyclic) bond motifs is 1. The number of methoxy groups -OCH3 is 1. The summed E-state index contributed by atoms with van der Waals surface area (Å²) in [7, 11) is 1.57. The van der Waals surface area contributed by atoms with Gasteiger partial charge >= 0.3 is 0 Å². The molecule has 1 aliphatic heterocycles. The van der Waals surface area contributed by atoms with Crippen LogP contribution in [0.5, 0.6) is 5.75 Å². The molecule has 0 bridgehead atoms. The molecule has 8 nitrogen and oxygen atoms in total. The predicted molar refractivity (Wildman–Crippen MR) is 109 cm³/mol. The average Bonchev–Trinajstić information content (AvgIpc) is 3.14. The second kappa shape index (κ2) is 7.97. The Morgan fingerprint density at radius 2 is 1.97 bits per heavy atom. The Morgan fingerprint density at radius 3 is 2.76 bits per heavy atom. The Labute approximate surface area is 167 Å². The fraction of sp³-hybridized carbons (Fsp3) is 0.143. The van der Waals surface area contributed by atoms with Crippen molar-refractivity contribution in [1.29, 1.82) is 0 Å². The molecule has 8 heteroatoms. The largest absolute Gasteiger partial charge is 0.496 e. The van der Waals surface area contributed by atoms with Crippen LogP contribution in [-0.2, 0) is 9.59 Å².